The second-order valence-electron chi connectivity index (χ2n) is 11.5. The Morgan fingerprint density at radius 1 is 1.07 bits per heavy atom. The van der Waals surface area contributed by atoms with Gasteiger partial charge in [0.15, 0.2) is 6.30 Å². The number of ether oxygens (including phenoxy) is 4. The van der Waals surface area contributed by atoms with Crippen LogP contribution in [0.1, 0.15) is 73.0 Å². The van der Waals surface area contributed by atoms with Gasteiger partial charge in [-0.2, -0.15) is 13.2 Å². The fraction of sp³-hybridized carbons (Fsp3) is 0.484. The van der Waals surface area contributed by atoms with Crippen molar-refractivity contribution in [1.29, 1.82) is 0 Å². The number of likely N-dealkylation sites (tertiary alicyclic amines) is 1. The molecular weight excluding hydrogens is 572 g/mol. The van der Waals surface area contributed by atoms with Crippen molar-refractivity contribution in [3.63, 3.8) is 0 Å². The minimum Gasteiger partial charge on any atom is -0.496 e. The van der Waals surface area contributed by atoms with Crippen molar-refractivity contribution in [2.45, 2.75) is 70.8 Å². The first kappa shape index (κ1) is 32.3. The number of fused-ring (bicyclic) bond motifs is 1. The van der Waals surface area contributed by atoms with Crippen molar-refractivity contribution in [2.75, 3.05) is 27.4 Å². The van der Waals surface area contributed by atoms with Gasteiger partial charge in [-0.15, -0.1) is 0 Å². The highest BCUT2D eigenvalue weighted by Crippen LogP contribution is 2.45. The molecule has 1 aliphatic rings. The summed E-state index contributed by atoms with van der Waals surface area (Å²) in [5.74, 6) is -0.294. The zero-order valence-electron chi connectivity index (χ0n) is 25.0. The molecule has 1 fully saturated rings. The Labute approximate surface area is 247 Å². The minimum atomic E-state index is -4.50. The molecule has 12 heteroatoms. The Morgan fingerprint density at radius 3 is 2.33 bits per heavy atom. The minimum absolute atomic E-state index is 0.0679. The lowest BCUT2D eigenvalue weighted by atomic mass is 9.91. The molecule has 2 heterocycles. The van der Waals surface area contributed by atoms with E-state index in [4.69, 9.17) is 18.9 Å². The Balaban J connectivity index is 1.76. The summed E-state index contributed by atoms with van der Waals surface area (Å²) in [4.78, 5) is 26.5. The maximum atomic E-state index is 16.9. The smallest absolute Gasteiger partial charge is 0.419 e. The highest BCUT2D eigenvalue weighted by Gasteiger charge is 2.39. The largest absolute Gasteiger partial charge is 0.496 e. The fourth-order valence-corrected chi connectivity index (χ4v) is 5.44. The van der Waals surface area contributed by atoms with E-state index < -0.39 is 48.9 Å². The number of hydrogen-bond donors (Lipinski definition) is 0. The van der Waals surface area contributed by atoms with Gasteiger partial charge in [0.2, 0.25) is 0 Å². The Kier molecular flexibility index (Phi) is 9.41. The predicted molar refractivity (Wildman–Crippen MR) is 151 cm³/mol. The number of benzene rings is 2. The lowest BCUT2D eigenvalue weighted by Gasteiger charge is -2.41. The van der Waals surface area contributed by atoms with E-state index in [9.17, 15) is 22.8 Å². The summed E-state index contributed by atoms with van der Waals surface area (Å²) in [6, 6.07) is 8.87. The number of piperidine rings is 1. The Bertz CT molecular complexity index is 1460. The van der Waals surface area contributed by atoms with Gasteiger partial charge >= 0.3 is 18.2 Å². The van der Waals surface area contributed by atoms with Crippen LogP contribution in [0.25, 0.3) is 10.9 Å². The van der Waals surface area contributed by atoms with Crippen LogP contribution in [0.4, 0.5) is 22.4 Å². The third-order valence-electron chi connectivity index (χ3n) is 7.30. The molecule has 1 aliphatic heterocycles. The number of esters is 1. The molecule has 0 spiro atoms. The standard InChI is InChI=1S/C31H36F4N2O6/c1-18-15-24(40-5)25(22-12-14-37(26(18)22)29(39)43-30(2,3)4)27(32)36-13-11-21(42-17-31(33,34)35)16-23(36)19-7-9-20(10-8-19)28(38)41-6/h7-10,12,14-15,21,23,27H,11,13,16-17H2,1-6H3/t21-,23+,27?/m1/s1. The molecule has 3 aromatic rings. The number of aromatic nitrogens is 1. The van der Waals surface area contributed by atoms with Gasteiger partial charge in [0.25, 0.3) is 0 Å². The van der Waals surface area contributed by atoms with Crippen LogP contribution in [-0.4, -0.2) is 66.8 Å². The maximum absolute atomic E-state index is 16.9. The second-order valence-corrected chi connectivity index (χ2v) is 11.5. The number of aryl methyl sites for hydroxylation is 1. The van der Waals surface area contributed by atoms with Crippen LogP contribution < -0.4 is 4.74 Å². The number of hydrogen-bond acceptors (Lipinski definition) is 7. The van der Waals surface area contributed by atoms with Crippen molar-refractivity contribution in [1.82, 2.24) is 9.47 Å². The van der Waals surface area contributed by atoms with E-state index in [1.54, 1.807) is 52.0 Å². The van der Waals surface area contributed by atoms with Crippen LogP contribution in [0, 0.1) is 6.92 Å². The summed E-state index contributed by atoms with van der Waals surface area (Å²) in [5, 5.41) is 0.436. The zero-order chi connectivity index (χ0) is 31.7. The van der Waals surface area contributed by atoms with Gasteiger partial charge in [0, 0.05) is 24.2 Å². The quantitative estimate of drug-likeness (QED) is 0.158. The van der Waals surface area contributed by atoms with E-state index in [1.165, 1.54) is 42.0 Å². The average Bonchev–Trinajstić information content (AvgIpc) is 3.40. The van der Waals surface area contributed by atoms with Gasteiger partial charge < -0.3 is 18.9 Å². The van der Waals surface area contributed by atoms with E-state index in [1.807, 2.05) is 0 Å². The van der Waals surface area contributed by atoms with Crippen molar-refractivity contribution < 1.29 is 46.1 Å². The molecule has 0 radical (unpaired) electrons. The average molecular weight is 609 g/mol. The van der Waals surface area contributed by atoms with Crippen LogP contribution in [0.2, 0.25) is 0 Å². The molecule has 0 bridgehead atoms. The normalized spacial score (nSPS) is 18.8. The van der Waals surface area contributed by atoms with E-state index in [0.717, 1.165) is 0 Å². The van der Waals surface area contributed by atoms with Crippen LogP contribution in [0.15, 0.2) is 42.6 Å². The molecule has 4 rings (SSSR count). The monoisotopic (exact) mass is 608 g/mol. The molecule has 0 N–H and O–H groups in total. The molecule has 1 unspecified atom stereocenters. The van der Waals surface area contributed by atoms with Crippen molar-refractivity contribution in [3.8, 4) is 5.75 Å². The number of carbonyl (C=O) groups excluding carboxylic acids is 2. The molecule has 43 heavy (non-hydrogen) atoms. The lowest BCUT2D eigenvalue weighted by molar-refractivity contribution is -0.193. The van der Waals surface area contributed by atoms with Gasteiger partial charge in [-0.05, 0) is 75.9 Å². The molecule has 2 aromatic carbocycles. The van der Waals surface area contributed by atoms with Crippen LogP contribution in [0.3, 0.4) is 0 Å². The summed E-state index contributed by atoms with van der Waals surface area (Å²) in [5.41, 5.74) is 1.40. The van der Waals surface area contributed by atoms with Gasteiger partial charge in [-0.25, -0.2) is 14.0 Å². The lowest BCUT2D eigenvalue weighted by Crippen LogP contribution is -2.41. The van der Waals surface area contributed by atoms with Crippen LogP contribution in [0.5, 0.6) is 5.75 Å². The number of carbonyl (C=O) groups is 2. The third kappa shape index (κ3) is 7.30. The predicted octanol–water partition coefficient (Wildman–Crippen LogP) is 7.28. The Morgan fingerprint density at radius 2 is 1.74 bits per heavy atom. The van der Waals surface area contributed by atoms with Gasteiger partial charge in [-0.3, -0.25) is 9.47 Å². The highest BCUT2D eigenvalue weighted by atomic mass is 19.4. The van der Waals surface area contributed by atoms with Gasteiger partial charge in [-0.1, -0.05) is 12.1 Å². The zero-order valence-corrected chi connectivity index (χ0v) is 25.0. The molecule has 0 saturated carbocycles. The van der Waals surface area contributed by atoms with E-state index in [-0.39, 0.29) is 36.3 Å². The van der Waals surface area contributed by atoms with Crippen molar-refractivity contribution in [2.24, 2.45) is 0 Å². The third-order valence-corrected chi connectivity index (χ3v) is 7.30. The van der Waals surface area contributed by atoms with E-state index in [2.05, 4.69) is 0 Å². The van der Waals surface area contributed by atoms with Crippen LogP contribution in [-0.2, 0) is 14.2 Å². The molecule has 1 saturated heterocycles. The van der Waals surface area contributed by atoms with Gasteiger partial charge in [0.1, 0.15) is 18.0 Å². The first-order valence-electron chi connectivity index (χ1n) is 13.8. The van der Waals surface area contributed by atoms with Gasteiger partial charge in [0.05, 0.1) is 37.0 Å². The maximum Gasteiger partial charge on any atom is 0.419 e. The molecular formula is C31H36F4N2O6. The molecule has 234 valence electrons. The number of rotatable bonds is 7. The first-order chi connectivity index (χ1) is 20.1. The summed E-state index contributed by atoms with van der Waals surface area (Å²) >= 11 is 0. The van der Waals surface area contributed by atoms with E-state index >= 15 is 4.39 Å². The fourth-order valence-electron chi connectivity index (χ4n) is 5.44. The molecule has 3 atom stereocenters. The number of nitrogens with zero attached hydrogens (tertiary/aromatic N) is 2. The molecule has 0 aliphatic carbocycles. The summed E-state index contributed by atoms with van der Waals surface area (Å²) in [6.45, 7) is 5.67. The van der Waals surface area contributed by atoms with Crippen molar-refractivity contribution >= 4 is 23.0 Å². The molecule has 8 nitrogen and oxygen atoms in total. The number of alkyl halides is 4. The SMILES string of the molecule is COC(=O)c1ccc([C@@H]2C[C@H](OCC(F)(F)F)CCN2C(F)c2c(OC)cc(C)c3c2ccn3C(=O)OC(C)(C)C)cc1. The van der Waals surface area contributed by atoms with Crippen molar-refractivity contribution in [3.05, 3.63) is 64.8 Å². The summed E-state index contributed by atoms with van der Waals surface area (Å²) in [7, 11) is 2.67. The summed E-state index contributed by atoms with van der Waals surface area (Å²) in [6.07, 6.45) is -5.93. The van der Waals surface area contributed by atoms with E-state index in [0.29, 0.717) is 22.0 Å². The number of methoxy groups -OCH3 is 2. The van der Waals surface area contributed by atoms with Crippen LogP contribution >= 0.6 is 0 Å². The first-order valence-corrected chi connectivity index (χ1v) is 13.8. The second kappa shape index (κ2) is 12.5. The highest BCUT2D eigenvalue weighted by molar-refractivity contribution is 5.95. The molecule has 1 aromatic heterocycles. The number of halogens is 4. The summed E-state index contributed by atoms with van der Waals surface area (Å²) < 4.78 is 78.2. The molecule has 0 amide bonds. The topological polar surface area (TPSA) is 79.2 Å². The Hall–Kier alpha value is -3.64.